The Hall–Kier alpha value is -2.49. The average Bonchev–Trinajstić information content (AvgIpc) is 2.81. The summed E-state index contributed by atoms with van der Waals surface area (Å²) in [5.74, 6) is 1.56. The predicted molar refractivity (Wildman–Crippen MR) is 79.1 cm³/mol. The highest BCUT2D eigenvalue weighted by molar-refractivity contribution is 5.82. The molecule has 0 aliphatic heterocycles. The summed E-state index contributed by atoms with van der Waals surface area (Å²) in [7, 11) is 1.61. The molecule has 0 saturated heterocycles. The van der Waals surface area contributed by atoms with Crippen LogP contribution >= 0.6 is 0 Å². The van der Waals surface area contributed by atoms with Crippen LogP contribution in [0.25, 0.3) is 11.0 Å². The zero-order valence-corrected chi connectivity index (χ0v) is 11.5. The molecule has 2 aromatic heterocycles. The normalized spacial score (nSPS) is 10.7. The van der Waals surface area contributed by atoms with E-state index in [0.29, 0.717) is 12.4 Å². The molecule has 0 aliphatic rings. The van der Waals surface area contributed by atoms with Crippen molar-refractivity contribution in [2.24, 2.45) is 0 Å². The second kappa shape index (κ2) is 5.25. The maximum atomic E-state index is 5.75. The SMILES string of the molecule is COc1ccc(NCc2c(C)oc3ccccc23)cn1. The lowest BCUT2D eigenvalue weighted by Crippen LogP contribution is -2.00. The van der Waals surface area contributed by atoms with Crippen molar-refractivity contribution in [1.29, 1.82) is 0 Å². The van der Waals surface area contributed by atoms with Crippen molar-refractivity contribution in [3.63, 3.8) is 0 Å². The van der Waals surface area contributed by atoms with Gasteiger partial charge in [-0.25, -0.2) is 4.98 Å². The van der Waals surface area contributed by atoms with E-state index in [1.807, 2.05) is 37.3 Å². The maximum Gasteiger partial charge on any atom is 0.213 e. The van der Waals surface area contributed by atoms with Gasteiger partial charge < -0.3 is 14.5 Å². The Morgan fingerprint density at radius 1 is 1.20 bits per heavy atom. The number of pyridine rings is 1. The van der Waals surface area contributed by atoms with Gasteiger partial charge in [0.25, 0.3) is 0 Å². The molecular formula is C16H16N2O2. The molecule has 20 heavy (non-hydrogen) atoms. The van der Waals surface area contributed by atoms with Crippen LogP contribution < -0.4 is 10.1 Å². The van der Waals surface area contributed by atoms with E-state index in [2.05, 4.69) is 16.4 Å². The molecule has 0 atom stereocenters. The summed E-state index contributed by atoms with van der Waals surface area (Å²) in [6, 6.07) is 11.9. The third-order valence-electron chi connectivity index (χ3n) is 3.31. The number of hydrogen-bond acceptors (Lipinski definition) is 4. The Morgan fingerprint density at radius 3 is 2.80 bits per heavy atom. The van der Waals surface area contributed by atoms with Gasteiger partial charge in [-0.3, -0.25) is 0 Å². The summed E-state index contributed by atoms with van der Waals surface area (Å²) in [6.07, 6.45) is 1.76. The lowest BCUT2D eigenvalue weighted by Gasteiger charge is -2.06. The number of aromatic nitrogens is 1. The van der Waals surface area contributed by atoms with Crippen LogP contribution in [0.3, 0.4) is 0 Å². The van der Waals surface area contributed by atoms with Crippen LogP contribution in [0.1, 0.15) is 11.3 Å². The summed E-state index contributed by atoms with van der Waals surface area (Å²) >= 11 is 0. The molecule has 1 aromatic carbocycles. The quantitative estimate of drug-likeness (QED) is 0.782. The molecule has 0 radical (unpaired) electrons. The zero-order valence-electron chi connectivity index (χ0n) is 11.5. The molecular weight excluding hydrogens is 252 g/mol. The van der Waals surface area contributed by atoms with Gasteiger partial charge in [0.05, 0.1) is 19.0 Å². The van der Waals surface area contributed by atoms with Crippen molar-refractivity contribution in [3.8, 4) is 5.88 Å². The van der Waals surface area contributed by atoms with Gasteiger partial charge in [0.2, 0.25) is 5.88 Å². The number of fused-ring (bicyclic) bond motifs is 1. The molecule has 4 heteroatoms. The number of hydrogen-bond donors (Lipinski definition) is 1. The standard InChI is InChI=1S/C16H16N2O2/c1-11-14(13-5-3-4-6-15(13)20-11)10-17-12-7-8-16(19-2)18-9-12/h3-9,17H,10H2,1-2H3. The monoisotopic (exact) mass is 268 g/mol. The maximum absolute atomic E-state index is 5.75. The van der Waals surface area contributed by atoms with Gasteiger partial charge >= 0.3 is 0 Å². The van der Waals surface area contributed by atoms with E-state index < -0.39 is 0 Å². The summed E-state index contributed by atoms with van der Waals surface area (Å²) in [5, 5.41) is 4.51. The number of para-hydroxylation sites is 1. The molecule has 3 rings (SSSR count). The Labute approximate surface area is 117 Å². The highest BCUT2D eigenvalue weighted by atomic mass is 16.5. The summed E-state index contributed by atoms with van der Waals surface area (Å²) < 4.78 is 10.8. The van der Waals surface area contributed by atoms with Crippen molar-refractivity contribution < 1.29 is 9.15 Å². The summed E-state index contributed by atoms with van der Waals surface area (Å²) in [4.78, 5) is 4.17. The van der Waals surface area contributed by atoms with E-state index in [1.165, 1.54) is 5.56 Å². The van der Waals surface area contributed by atoms with Gasteiger partial charge in [-0.05, 0) is 19.1 Å². The number of ether oxygens (including phenoxy) is 1. The molecule has 1 N–H and O–H groups in total. The number of rotatable bonds is 4. The molecule has 3 aromatic rings. The fourth-order valence-electron chi connectivity index (χ4n) is 2.24. The van der Waals surface area contributed by atoms with Crippen LogP contribution in [0.4, 0.5) is 5.69 Å². The molecule has 0 saturated carbocycles. The third-order valence-corrected chi connectivity index (χ3v) is 3.31. The molecule has 0 fully saturated rings. The van der Waals surface area contributed by atoms with Crippen molar-refractivity contribution in [2.75, 3.05) is 12.4 Å². The molecule has 2 heterocycles. The van der Waals surface area contributed by atoms with Crippen molar-refractivity contribution >= 4 is 16.7 Å². The Balaban J connectivity index is 1.80. The van der Waals surface area contributed by atoms with Gasteiger partial charge in [-0.15, -0.1) is 0 Å². The fourth-order valence-corrected chi connectivity index (χ4v) is 2.24. The van der Waals surface area contributed by atoms with E-state index in [-0.39, 0.29) is 0 Å². The van der Waals surface area contributed by atoms with Gasteiger partial charge in [0, 0.05) is 23.6 Å². The van der Waals surface area contributed by atoms with Crippen LogP contribution in [0.5, 0.6) is 5.88 Å². The van der Waals surface area contributed by atoms with Gasteiger partial charge in [0.15, 0.2) is 0 Å². The number of anilines is 1. The molecule has 0 aliphatic carbocycles. The van der Waals surface area contributed by atoms with Crippen molar-refractivity contribution in [1.82, 2.24) is 4.98 Å². The lowest BCUT2D eigenvalue weighted by atomic mass is 10.1. The molecule has 102 valence electrons. The summed E-state index contributed by atoms with van der Waals surface area (Å²) in [6.45, 7) is 2.69. The lowest BCUT2D eigenvalue weighted by molar-refractivity contribution is 0.398. The topological polar surface area (TPSA) is 47.3 Å². The highest BCUT2D eigenvalue weighted by Crippen LogP contribution is 2.26. The average molecular weight is 268 g/mol. The first-order valence-electron chi connectivity index (χ1n) is 6.49. The van der Waals surface area contributed by atoms with Crippen LogP contribution in [-0.2, 0) is 6.54 Å². The van der Waals surface area contributed by atoms with Crippen LogP contribution in [0.15, 0.2) is 47.0 Å². The first-order chi connectivity index (χ1) is 9.78. The summed E-state index contributed by atoms with van der Waals surface area (Å²) in [5.41, 5.74) is 3.06. The zero-order chi connectivity index (χ0) is 13.9. The van der Waals surface area contributed by atoms with Crippen molar-refractivity contribution in [3.05, 3.63) is 53.9 Å². The Kier molecular flexibility index (Phi) is 3.29. The number of benzene rings is 1. The van der Waals surface area contributed by atoms with Crippen molar-refractivity contribution in [2.45, 2.75) is 13.5 Å². The van der Waals surface area contributed by atoms with Crippen LogP contribution in [0, 0.1) is 6.92 Å². The second-order valence-electron chi connectivity index (χ2n) is 4.58. The number of aryl methyl sites for hydroxylation is 1. The number of nitrogens with one attached hydrogen (secondary N) is 1. The van der Waals surface area contributed by atoms with Gasteiger partial charge in [-0.2, -0.15) is 0 Å². The molecule has 0 amide bonds. The van der Waals surface area contributed by atoms with E-state index in [1.54, 1.807) is 13.3 Å². The van der Waals surface area contributed by atoms with Crippen LogP contribution in [0.2, 0.25) is 0 Å². The molecule has 0 spiro atoms. The number of methoxy groups -OCH3 is 1. The van der Waals surface area contributed by atoms with E-state index >= 15 is 0 Å². The largest absolute Gasteiger partial charge is 0.481 e. The minimum absolute atomic E-state index is 0.612. The van der Waals surface area contributed by atoms with E-state index in [4.69, 9.17) is 9.15 Å². The molecule has 4 nitrogen and oxygen atoms in total. The fraction of sp³-hybridized carbons (Fsp3) is 0.188. The highest BCUT2D eigenvalue weighted by Gasteiger charge is 2.09. The number of furan rings is 1. The molecule has 0 bridgehead atoms. The minimum atomic E-state index is 0.612. The van der Waals surface area contributed by atoms with Gasteiger partial charge in [-0.1, -0.05) is 18.2 Å². The first-order valence-corrected chi connectivity index (χ1v) is 6.49. The van der Waals surface area contributed by atoms with E-state index in [0.717, 1.165) is 22.4 Å². The minimum Gasteiger partial charge on any atom is -0.481 e. The first kappa shape index (κ1) is 12.5. The van der Waals surface area contributed by atoms with Gasteiger partial charge in [0.1, 0.15) is 11.3 Å². The third kappa shape index (κ3) is 2.32. The Bertz CT molecular complexity index is 717. The van der Waals surface area contributed by atoms with Crippen LogP contribution in [-0.4, -0.2) is 12.1 Å². The Morgan fingerprint density at radius 2 is 2.05 bits per heavy atom. The number of nitrogens with zero attached hydrogens (tertiary/aromatic N) is 1. The predicted octanol–water partition coefficient (Wildman–Crippen LogP) is 3.76. The second-order valence-corrected chi connectivity index (χ2v) is 4.58. The smallest absolute Gasteiger partial charge is 0.213 e. The molecule has 0 unspecified atom stereocenters. The van der Waals surface area contributed by atoms with E-state index in [9.17, 15) is 0 Å².